The van der Waals surface area contributed by atoms with Gasteiger partial charge in [0.25, 0.3) is 0 Å². The molecule has 2 aromatic rings. The number of nitrogens with zero attached hydrogens (tertiary/aromatic N) is 1. The normalized spacial score (nSPS) is 19.1. The molecule has 0 unspecified atom stereocenters. The second-order valence-corrected chi connectivity index (χ2v) is 8.44. The number of hydrogen-bond donors (Lipinski definition) is 2. The van der Waals surface area contributed by atoms with Crippen molar-refractivity contribution in [3.8, 4) is 0 Å². The van der Waals surface area contributed by atoms with Crippen LogP contribution in [0, 0.1) is 5.82 Å². The lowest BCUT2D eigenvalue weighted by Gasteiger charge is -2.37. The van der Waals surface area contributed by atoms with Crippen LogP contribution in [-0.2, 0) is 27.3 Å². The molecule has 0 bridgehead atoms. The Labute approximate surface area is 174 Å². The first kappa shape index (κ1) is 21.3. The third-order valence-electron chi connectivity index (χ3n) is 4.66. The fourth-order valence-electron chi connectivity index (χ4n) is 3.36. The van der Waals surface area contributed by atoms with E-state index in [1.807, 2.05) is 30.9 Å². The van der Waals surface area contributed by atoms with Gasteiger partial charge in [-0.05, 0) is 50.6 Å². The summed E-state index contributed by atoms with van der Waals surface area (Å²) in [4.78, 5) is 28.3. The van der Waals surface area contributed by atoms with Crippen LogP contribution in [0.4, 0.5) is 15.8 Å². The fourth-order valence-corrected chi connectivity index (χ4v) is 4.26. The summed E-state index contributed by atoms with van der Waals surface area (Å²) >= 11 is 1.60. The van der Waals surface area contributed by atoms with Crippen LogP contribution >= 0.6 is 11.3 Å². The van der Waals surface area contributed by atoms with Crippen LogP contribution in [0.25, 0.3) is 0 Å². The summed E-state index contributed by atoms with van der Waals surface area (Å²) in [6.07, 6.45) is 0.957. The van der Waals surface area contributed by atoms with Gasteiger partial charge in [-0.3, -0.25) is 9.59 Å². The summed E-state index contributed by atoms with van der Waals surface area (Å²) < 4.78 is 20.3. The number of amides is 2. The average Bonchev–Trinajstić information content (AvgIpc) is 3.13. The summed E-state index contributed by atoms with van der Waals surface area (Å²) in [5.41, 5.74) is 0.698. The van der Waals surface area contributed by atoms with E-state index in [1.54, 1.807) is 23.5 Å². The quantitative estimate of drug-likeness (QED) is 0.730. The lowest BCUT2D eigenvalue weighted by Crippen LogP contribution is -2.45. The summed E-state index contributed by atoms with van der Waals surface area (Å²) in [6.45, 7) is 7.44. The standard InChI is InChI=1S/C21H26FN3O3S/c1-4-16-6-7-17(29-16)10-23-20(26)21(27)24-15-5-8-19(18(22)9-15)25-11-13(2)28-14(3)12-25/h5-9,13-14H,4,10-12H2,1-3H3,(H,23,26)(H,24,27)/t13-,14-/m1/s1. The van der Waals surface area contributed by atoms with Gasteiger partial charge in [0, 0.05) is 28.5 Å². The first-order valence-electron chi connectivity index (χ1n) is 9.72. The number of ether oxygens (including phenoxy) is 1. The van der Waals surface area contributed by atoms with Crippen molar-refractivity contribution in [2.24, 2.45) is 0 Å². The van der Waals surface area contributed by atoms with Crippen LogP contribution in [0.3, 0.4) is 0 Å². The molecule has 1 saturated heterocycles. The van der Waals surface area contributed by atoms with Crippen molar-refractivity contribution in [2.75, 3.05) is 23.3 Å². The number of benzene rings is 1. The van der Waals surface area contributed by atoms with E-state index in [0.29, 0.717) is 18.8 Å². The number of aryl methyl sites for hydroxylation is 1. The number of nitrogens with one attached hydrogen (secondary N) is 2. The average molecular weight is 420 g/mol. The van der Waals surface area contributed by atoms with Gasteiger partial charge in [-0.1, -0.05) is 6.92 Å². The summed E-state index contributed by atoms with van der Waals surface area (Å²) in [6, 6.07) is 8.39. The third kappa shape index (κ3) is 5.55. The second kappa shape index (κ2) is 9.37. The monoisotopic (exact) mass is 419 g/mol. The van der Waals surface area contributed by atoms with E-state index < -0.39 is 17.6 Å². The molecule has 0 aliphatic carbocycles. The minimum atomic E-state index is -0.821. The van der Waals surface area contributed by atoms with Gasteiger partial charge >= 0.3 is 11.8 Å². The number of anilines is 2. The Hall–Kier alpha value is -2.45. The van der Waals surface area contributed by atoms with Crippen LogP contribution in [0.1, 0.15) is 30.5 Å². The van der Waals surface area contributed by atoms with Crippen LogP contribution in [0.5, 0.6) is 0 Å². The van der Waals surface area contributed by atoms with Crippen molar-refractivity contribution in [2.45, 2.75) is 45.9 Å². The minimum Gasteiger partial charge on any atom is -0.372 e. The molecule has 1 aliphatic rings. The number of morpholine rings is 1. The Morgan fingerprint density at radius 3 is 2.45 bits per heavy atom. The van der Waals surface area contributed by atoms with Crippen LogP contribution < -0.4 is 15.5 Å². The number of halogens is 1. The van der Waals surface area contributed by atoms with E-state index in [9.17, 15) is 14.0 Å². The highest BCUT2D eigenvalue weighted by molar-refractivity contribution is 7.11. The molecule has 8 heteroatoms. The van der Waals surface area contributed by atoms with Crippen LogP contribution in [-0.4, -0.2) is 37.1 Å². The maximum Gasteiger partial charge on any atom is 0.313 e. The predicted octanol–water partition coefficient (Wildman–Crippen LogP) is 3.32. The molecule has 0 radical (unpaired) electrons. The topological polar surface area (TPSA) is 70.7 Å². The molecule has 0 saturated carbocycles. The molecule has 2 N–H and O–H groups in total. The Kier molecular flexibility index (Phi) is 6.87. The van der Waals surface area contributed by atoms with E-state index >= 15 is 0 Å². The van der Waals surface area contributed by atoms with E-state index in [1.165, 1.54) is 10.9 Å². The number of rotatable bonds is 5. The first-order chi connectivity index (χ1) is 13.9. The fraction of sp³-hybridized carbons (Fsp3) is 0.429. The maximum absolute atomic E-state index is 14.6. The largest absolute Gasteiger partial charge is 0.372 e. The minimum absolute atomic E-state index is 0.0120. The Balaban J connectivity index is 1.57. The van der Waals surface area contributed by atoms with Crippen molar-refractivity contribution in [1.29, 1.82) is 0 Å². The molecule has 1 aromatic carbocycles. The van der Waals surface area contributed by atoms with E-state index in [0.717, 1.165) is 11.3 Å². The number of thiophene rings is 1. The Morgan fingerprint density at radius 1 is 1.14 bits per heavy atom. The Bertz CT molecular complexity index is 876. The van der Waals surface area contributed by atoms with Gasteiger partial charge in [-0.15, -0.1) is 11.3 Å². The molecule has 3 rings (SSSR count). The molecular weight excluding hydrogens is 393 g/mol. The van der Waals surface area contributed by atoms with Gasteiger partial charge in [0.2, 0.25) is 0 Å². The van der Waals surface area contributed by atoms with Gasteiger partial charge in [0.15, 0.2) is 0 Å². The van der Waals surface area contributed by atoms with Gasteiger partial charge in [0.05, 0.1) is 24.4 Å². The SMILES string of the molecule is CCc1ccc(CNC(=O)C(=O)Nc2ccc(N3C[C@@H](C)O[C@H](C)C3)c(F)c2)s1. The highest BCUT2D eigenvalue weighted by atomic mass is 32.1. The maximum atomic E-state index is 14.6. The molecule has 29 heavy (non-hydrogen) atoms. The predicted molar refractivity (Wildman–Crippen MR) is 113 cm³/mol. The second-order valence-electron chi connectivity index (χ2n) is 7.19. The molecule has 156 valence electrons. The van der Waals surface area contributed by atoms with Gasteiger partial charge in [-0.2, -0.15) is 0 Å². The van der Waals surface area contributed by atoms with Crippen molar-refractivity contribution in [3.63, 3.8) is 0 Å². The van der Waals surface area contributed by atoms with Crippen molar-refractivity contribution in [1.82, 2.24) is 5.32 Å². The smallest absolute Gasteiger partial charge is 0.313 e. The van der Waals surface area contributed by atoms with E-state index in [-0.39, 0.29) is 24.4 Å². The van der Waals surface area contributed by atoms with Gasteiger partial charge in [-0.25, -0.2) is 4.39 Å². The molecule has 2 heterocycles. The highest BCUT2D eigenvalue weighted by Crippen LogP contribution is 2.26. The molecule has 2 amide bonds. The molecule has 1 aliphatic heterocycles. The lowest BCUT2D eigenvalue weighted by atomic mass is 10.2. The zero-order valence-corrected chi connectivity index (χ0v) is 17.6. The Morgan fingerprint density at radius 2 is 1.83 bits per heavy atom. The van der Waals surface area contributed by atoms with E-state index in [2.05, 4.69) is 17.6 Å². The lowest BCUT2D eigenvalue weighted by molar-refractivity contribution is -0.136. The van der Waals surface area contributed by atoms with Gasteiger partial charge < -0.3 is 20.3 Å². The summed E-state index contributed by atoms with van der Waals surface area (Å²) in [5.74, 6) is -2.02. The van der Waals surface area contributed by atoms with Crippen molar-refractivity contribution < 1.29 is 18.7 Å². The summed E-state index contributed by atoms with van der Waals surface area (Å²) in [7, 11) is 0. The molecule has 1 aromatic heterocycles. The van der Waals surface area contributed by atoms with Crippen LogP contribution in [0.2, 0.25) is 0 Å². The molecule has 6 nitrogen and oxygen atoms in total. The molecule has 2 atom stereocenters. The van der Waals surface area contributed by atoms with Gasteiger partial charge in [0.1, 0.15) is 5.82 Å². The number of hydrogen-bond acceptors (Lipinski definition) is 5. The summed E-state index contributed by atoms with van der Waals surface area (Å²) in [5, 5.41) is 5.04. The van der Waals surface area contributed by atoms with Crippen LogP contribution in [0.15, 0.2) is 30.3 Å². The van der Waals surface area contributed by atoms with E-state index in [4.69, 9.17) is 4.74 Å². The zero-order chi connectivity index (χ0) is 21.0. The molecule has 1 fully saturated rings. The molecular formula is C21H26FN3O3S. The third-order valence-corrected chi connectivity index (χ3v) is 5.89. The van der Waals surface area contributed by atoms with Crippen molar-refractivity contribution in [3.05, 3.63) is 45.9 Å². The highest BCUT2D eigenvalue weighted by Gasteiger charge is 2.24. The zero-order valence-electron chi connectivity index (χ0n) is 16.8. The van der Waals surface area contributed by atoms with Crippen molar-refractivity contribution >= 4 is 34.5 Å². The molecule has 0 spiro atoms. The number of carbonyl (C=O) groups excluding carboxylic acids is 2. The first-order valence-corrected chi connectivity index (χ1v) is 10.5. The number of carbonyl (C=O) groups is 2.